The number of fused-ring (bicyclic) bond motifs is 1. The Morgan fingerprint density at radius 3 is 2.63 bits per heavy atom. The molecule has 1 saturated heterocycles. The van der Waals surface area contributed by atoms with Gasteiger partial charge in [0.2, 0.25) is 5.91 Å². The second kappa shape index (κ2) is 8.45. The standard InChI is InChI=1S/C23H26N2O5/c1-16-3-6-19(7-4-16)28-15-21(26)24-10-9-23(29-11-12-30-23)18-5-8-20-17(13-18)14-22(27)25(20)2/h3-8,13H,9-12,14-15H2,1-2H3,(H,24,26). The largest absolute Gasteiger partial charge is 0.484 e. The molecule has 0 spiro atoms. The molecule has 0 aliphatic carbocycles. The van der Waals surface area contributed by atoms with Gasteiger partial charge in [-0.3, -0.25) is 9.59 Å². The van der Waals surface area contributed by atoms with Crippen LogP contribution in [0.2, 0.25) is 0 Å². The van der Waals surface area contributed by atoms with Gasteiger partial charge in [0, 0.05) is 31.3 Å². The highest BCUT2D eigenvalue weighted by atomic mass is 16.7. The van der Waals surface area contributed by atoms with Gasteiger partial charge in [-0.15, -0.1) is 0 Å². The fraction of sp³-hybridized carbons (Fsp3) is 0.391. The first kappa shape index (κ1) is 20.4. The summed E-state index contributed by atoms with van der Waals surface area (Å²) in [5, 5.41) is 2.87. The lowest BCUT2D eigenvalue weighted by atomic mass is 9.98. The molecule has 0 saturated carbocycles. The molecule has 2 aliphatic heterocycles. The minimum absolute atomic E-state index is 0.0505. The molecule has 2 amide bonds. The summed E-state index contributed by atoms with van der Waals surface area (Å²) in [6, 6.07) is 13.4. The number of anilines is 1. The summed E-state index contributed by atoms with van der Waals surface area (Å²) in [5.41, 5.74) is 3.88. The van der Waals surface area contributed by atoms with Crippen LogP contribution in [0.5, 0.6) is 5.75 Å². The van der Waals surface area contributed by atoms with Gasteiger partial charge < -0.3 is 24.4 Å². The number of benzene rings is 2. The van der Waals surface area contributed by atoms with Crippen molar-refractivity contribution >= 4 is 17.5 Å². The van der Waals surface area contributed by atoms with Gasteiger partial charge in [0.05, 0.1) is 19.6 Å². The number of rotatable bonds is 7. The van der Waals surface area contributed by atoms with Crippen molar-refractivity contribution in [3.63, 3.8) is 0 Å². The quantitative estimate of drug-likeness (QED) is 0.758. The third kappa shape index (κ3) is 4.17. The van der Waals surface area contributed by atoms with Gasteiger partial charge in [0.15, 0.2) is 12.4 Å². The van der Waals surface area contributed by atoms with Crippen molar-refractivity contribution in [2.75, 3.05) is 38.3 Å². The lowest BCUT2D eigenvalue weighted by Gasteiger charge is -2.28. The van der Waals surface area contributed by atoms with E-state index in [9.17, 15) is 9.59 Å². The van der Waals surface area contributed by atoms with Crippen LogP contribution in [0, 0.1) is 6.92 Å². The maximum atomic E-state index is 12.2. The van der Waals surface area contributed by atoms with Crippen LogP contribution in [0.15, 0.2) is 42.5 Å². The molecule has 0 aromatic heterocycles. The second-order valence-electron chi connectivity index (χ2n) is 7.62. The summed E-state index contributed by atoms with van der Waals surface area (Å²) in [7, 11) is 1.78. The molecule has 7 nitrogen and oxygen atoms in total. The van der Waals surface area contributed by atoms with Crippen LogP contribution in [0.25, 0.3) is 0 Å². The van der Waals surface area contributed by atoms with Crippen molar-refractivity contribution in [1.82, 2.24) is 5.32 Å². The van der Waals surface area contributed by atoms with Gasteiger partial charge in [-0.1, -0.05) is 23.8 Å². The van der Waals surface area contributed by atoms with Crippen LogP contribution in [-0.4, -0.2) is 45.2 Å². The Balaban J connectivity index is 1.35. The highest BCUT2D eigenvalue weighted by Crippen LogP contribution is 2.38. The third-order valence-corrected chi connectivity index (χ3v) is 5.52. The lowest BCUT2D eigenvalue weighted by Crippen LogP contribution is -2.36. The van der Waals surface area contributed by atoms with Crippen LogP contribution in [-0.2, 0) is 31.3 Å². The normalized spacial score (nSPS) is 17.1. The number of nitrogens with one attached hydrogen (secondary N) is 1. The van der Waals surface area contributed by atoms with E-state index in [1.807, 2.05) is 49.4 Å². The fourth-order valence-electron chi connectivity index (χ4n) is 3.82. The van der Waals surface area contributed by atoms with Gasteiger partial charge in [0.1, 0.15) is 5.75 Å². The van der Waals surface area contributed by atoms with Crippen molar-refractivity contribution in [3.8, 4) is 5.75 Å². The van der Waals surface area contributed by atoms with Gasteiger partial charge in [0.25, 0.3) is 5.91 Å². The maximum absolute atomic E-state index is 12.2. The van der Waals surface area contributed by atoms with Gasteiger partial charge in [-0.2, -0.15) is 0 Å². The Labute approximate surface area is 175 Å². The molecular weight excluding hydrogens is 384 g/mol. The van der Waals surface area contributed by atoms with Crippen molar-refractivity contribution in [2.45, 2.75) is 25.6 Å². The smallest absolute Gasteiger partial charge is 0.257 e. The number of carbonyl (C=O) groups is 2. The zero-order valence-corrected chi connectivity index (χ0v) is 17.3. The van der Waals surface area contributed by atoms with E-state index >= 15 is 0 Å². The zero-order valence-electron chi connectivity index (χ0n) is 17.3. The van der Waals surface area contributed by atoms with E-state index in [2.05, 4.69) is 5.32 Å². The SMILES string of the molecule is Cc1ccc(OCC(=O)NCCC2(c3ccc4c(c3)CC(=O)N4C)OCCO2)cc1. The summed E-state index contributed by atoms with van der Waals surface area (Å²) in [6.45, 7) is 3.30. The molecule has 1 N–H and O–H groups in total. The number of aryl methyl sites for hydroxylation is 1. The van der Waals surface area contributed by atoms with E-state index in [0.717, 1.165) is 22.4 Å². The summed E-state index contributed by atoms with van der Waals surface area (Å²) in [5.74, 6) is -0.382. The Bertz CT molecular complexity index is 935. The van der Waals surface area contributed by atoms with E-state index < -0.39 is 5.79 Å². The van der Waals surface area contributed by atoms with Crippen molar-refractivity contribution in [1.29, 1.82) is 0 Å². The Morgan fingerprint density at radius 2 is 1.90 bits per heavy atom. The van der Waals surface area contributed by atoms with Crippen LogP contribution < -0.4 is 15.0 Å². The highest BCUT2D eigenvalue weighted by Gasteiger charge is 2.39. The van der Waals surface area contributed by atoms with Crippen molar-refractivity contribution < 1.29 is 23.8 Å². The van der Waals surface area contributed by atoms with Crippen LogP contribution >= 0.6 is 0 Å². The Kier molecular flexibility index (Phi) is 5.74. The van der Waals surface area contributed by atoms with E-state index in [-0.39, 0.29) is 18.4 Å². The number of nitrogens with zero attached hydrogens (tertiary/aromatic N) is 1. The van der Waals surface area contributed by atoms with E-state index in [1.54, 1.807) is 11.9 Å². The number of carbonyl (C=O) groups excluding carboxylic acids is 2. The molecule has 2 aliphatic rings. The predicted molar refractivity (Wildman–Crippen MR) is 111 cm³/mol. The van der Waals surface area contributed by atoms with E-state index in [0.29, 0.717) is 38.3 Å². The van der Waals surface area contributed by atoms with E-state index in [4.69, 9.17) is 14.2 Å². The number of amides is 2. The highest BCUT2D eigenvalue weighted by molar-refractivity contribution is 6.00. The summed E-state index contributed by atoms with van der Waals surface area (Å²) >= 11 is 0. The molecule has 4 rings (SSSR count). The summed E-state index contributed by atoms with van der Waals surface area (Å²) in [4.78, 5) is 25.8. The average molecular weight is 410 g/mol. The molecule has 158 valence electrons. The first-order valence-corrected chi connectivity index (χ1v) is 10.1. The molecule has 2 aromatic carbocycles. The molecule has 30 heavy (non-hydrogen) atoms. The van der Waals surface area contributed by atoms with Crippen molar-refractivity contribution in [2.24, 2.45) is 0 Å². The zero-order chi connectivity index (χ0) is 21.1. The van der Waals surface area contributed by atoms with Crippen LogP contribution in [0.1, 0.15) is 23.1 Å². The molecule has 7 heteroatoms. The minimum atomic E-state index is -0.912. The number of ether oxygens (including phenoxy) is 3. The predicted octanol–water partition coefficient (Wildman–Crippen LogP) is 2.30. The van der Waals surface area contributed by atoms with Crippen LogP contribution in [0.4, 0.5) is 5.69 Å². The van der Waals surface area contributed by atoms with Crippen molar-refractivity contribution in [3.05, 3.63) is 59.2 Å². The molecule has 0 unspecified atom stereocenters. The summed E-state index contributed by atoms with van der Waals surface area (Å²) in [6.07, 6.45) is 0.842. The first-order valence-electron chi connectivity index (χ1n) is 10.1. The lowest BCUT2D eigenvalue weighted by molar-refractivity contribution is -0.170. The molecular formula is C23H26N2O5. The third-order valence-electron chi connectivity index (χ3n) is 5.52. The molecule has 1 fully saturated rings. The average Bonchev–Trinajstić information content (AvgIpc) is 3.33. The molecule has 2 heterocycles. The number of hydrogen-bond donors (Lipinski definition) is 1. The topological polar surface area (TPSA) is 77.1 Å². The molecule has 0 bridgehead atoms. The minimum Gasteiger partial charge on any atom is -0.484 e. The Morgan fingerprint density at radius 1 is 1.17 bits per heavy atom. The van der Waals surface area contributed by atoms with E-state index in [1.165, 1.54) is 0 Å². The Hall–Kier alpha value is -2.90. The monoisotopic (exact) mass is 410 g/mol. The van der Waals surface area contributed by atoms with Crippen LogP contribution in [0.3, 0.4) is 0 Å². The van der Waals surface area contributed by atoms with Gasteiger partial charge in [-0.25, -0.2) is 0 Å². The first-order chi connectivity index (χ1) is 14.5. The fourth-order valence-corrected chi connectivity index (χ4v) is 3.82. The molecule has 2 aromatic rings. The summed E-state index contributed by atoms with van der Waals surface area (Å²) < 4.78 is 17.4. The van der Waals surface area contributed by atoms with Gasteiger partial charge >= 0.3 is 0 Å². The molecule has 0 atom stereocenters. The number of likely N-dealkylation sites (N-methyl/N-ethyl adjacent to an activating group) is 1. The van der Waals surface area contributed by atoms with Gasteiger partial charge in [-0.05, 0) is 36.8 Å². The maximum Gasteiger partial charge on any atom is 0.257 e. The second-order valence-corrected chi connectivity index (χ2v) is 7.62. The molecule has 0 radical (unpaired) electrons. The number of hydrogen-bond acceptors (Lipinski definition) is 5.